The number of aryl methyl sites for hydroxylation is 1. The fourth-order valence-corrected chi connectivity index (χ4v) is 2.63. The molecule has 0 bridgehead atoms. The number of hydrogen-bond acceptors (Lipinski definition) is 1. The van der Waals surface area contributed by atoms with Crippen LogP contribution >= 0.6 is 11.8 Å². The molecule has 1 nitrogen and oxygen atoms in total. The Kier molecular flexibility index (Phi) is 3.53. The zero-order chi connectivity index (χ0) is 10.7. The Bertz CT molecular complexity index is 335. The third kappa shape index (κ3) is 2.28. The zero-order valence-electron chi connectivity index (χ0n) is 9.30. The molecule has 0 heterocycles. The van der Waals surface area contributed by atoms with E-state index in [-0.39, 0.29) is 0 Å². The van der Waals surface area contributed by atoms with Crippen LogP contribution in [0.5, 0.6) is 0 Å². The molecule has 0 N–H and O–H groups in total. The van der Waals surface area contributed by atoms with Gasteiger partial charge in [-0.25, -0.2) is 0 Å². The molecule has 1 aliphatic rings. The van der Waals surface area contributed by atoms with Gasteiger partial charge in [0.2, 0.25) is 0 Å². The van der Waals surface area contributed by atoms with Crippen molar-refractivity contribution in [2.45, 2.75) is 39.0 Å². The first-order valence-electron chi connectivity index (χ1n) is 5.87. The Labute approximate surface area is 97.2 Å². The standard InChI is InChI=1S/C13H18ClN/c1-2-10-15(14)13-9-5-7-11-6-3-4-8-12(11)13/h5,7,9H,2-4,6,8,10H2,1H3. The third-order valence-electron chi connectivity index (χ3n) is 3.05. The van der Waals surface area contributed by atoms with E-state index in [4.69, 9.17) is 11.8 Å². The fraction of sp³-hybridized carbons (Fsp3) is 0.538. The lowest BCUT2D eigenvalue weighted by atomic mass is 9.90. The van der Waals surface area contributed by atoms with E-state index in [0.717, 1.165) is 13.0 Å². The second-order valence-electron chi connectivity index (χ2n) is 4.21. The average Bonchev–Trinajstić information content (AvgIpc) is 2.28. The lowest BCUT2D eigenvalue weighted by molar-refractivity contribution is 0.684. The maximum atomic E-state index is 6.28. The molecule has 1 aromatic rings. The van der Waals surface area contributed by atoms with E-state index >= 15 is 0 Å². The molecule has 0 atom stereocenters. The average molecular weight is 224 g/mol. The Morgan fingerprint density at radius 2 is 2.07 bits per heavy atom. The molecule has 0 saturated carbocycles. The number of benzene rings is 1. The van der Waals surface area contributed by atoms with Crippen molar-refractivity contribution < 1.29 is 0 Å². The van der Waals surface area contributed by atoms with Gasteiger partial charge in [0.25, 0.3) is 0 Å². The van der Waals surface area contributed by atoms with Gasteiger partial charge in [-0.05, 0) is 49.3 Å². The summed E-state index contributed by atoms with van der Waals surface area (Å²) >= 11 is 6.28. The van der Waals surface area contributed by atoms with Crippen molar-refractivity contribution in [3.63, 3.8) is 0 Å². The second kappa shape index (κ2) is 4.89. The van der Waals surface area contributed by atoms with Gasteiger partial charge in [0.05, 0.1) is 5.69 Å². The van der Waals surface area contributed by atoms with E-state index in [2.05, 4.69) is 25.1 Å². The van der Waals surface area contributed by atoms with E-state index in [1.54, 1.807) is 0 Å². The molecule has 1 aromatic carbocycles. The molecule has 0 aromatic heterocycles. The highest BCUT2D eigenvalue weighted by Gasteiger charge is 2.15. The van der Waals surface area contributed by atoms with Crippen molar-refractivity contribution in [1.29, 1.82) is 0 Å². The highest BCUT2D eigenvalue weighted by Crippen LogP contribution is 2.31. The molecule has 0 unspecified atom stereocenters. The van der Waals surface area contributed by atoms with E-state index < -0.39 is 0 Å². The molecule has 2 rings (SSSR count). The summed E-state index contributed by atoms with van der Waals surface area (Å²) in [6.45, 7) is 3.09. The Balaban J connectivity index is 2.30. The van der Waals surface area contributed by atoms with Crippen LogP contribution in [0.2, 0.25) is 0 Å². The molecular weight excluding hydrogens is 206 g/mol. The van der Waals surface area contributed by atoms with Gasteiger partial charge in [0.15, 0.2) is 0 Å². The van der Waals surface area contributed by atoms with Crippen LogP contribution < -0.4 is 4.42 Å². The van der Waals surface area contributed by atoms with Gasteiger partial charge in [0.1, 0.15) is 0 Å². The minimum absolute atomic E-state index is 0.929. The van der Waals surface area contributed by atoms with Crippen molar-refractivity contribution >= 4 is 17.5 Å². The normalized spacial score (nSPS) is 14.8. The molecule has 0 fully saturated rings. The summed E-state index contributed by atoms with van der Waals surface area (Å²) < 4.78 is 1.88. The topological polar surface area (TPSA) is 3.24 Å². The van der Waals surface area contributed by atoms with Crippen LogP contribution in [0, 0.1) is 0 Å². The van der Waals surface area contributed by atoms with E-state index in [9.17, 15) is 0 Å². The van der Waals surface area contributed by atoms with Gasteiger partial charge in [-0.2, -0.15) is 0 Å². The summed E-state index contributed by atoms with van der Waals surface area (Å²) in [6, 6.07) is 6.52. The molecule has 1 aliphatic carbocycles. The summed E-state index contributed by atoms with van der Waals surface area (Å²) in [5.74, 6) is 0. The first-order valence-corrected chi connectivity index (χ1v) is 6.21. The quantitative estimate of drug-likeness (QED) is 0.702. The first kappa shape index (κ1) is 10.8. The highest BCUT2D eigenvalue weighted by molar-refractivity contribution is 6.25. The molecule has 0 spiro atoms. The number of hydrogen-bond donors (Lipinski definition) is 0. The van der Waals surface area contributed by atoms with E-state index in [1.165, 1.54) is 42.5 Å². The maximum absolute atomic E-state index is 6.28. The van der Waals surface area contributed by atoms with Crippen LogP contribution in [0.3, 0.4) is 0 Å². The van der Waals surface area contributed by atoms with Gasteiger partial charge in [-0.15, -0.1) is 0 Å². The summed E-state index contributed by atoms with van der Waals surface area (Å²) in [4.78, 5) is 0. The summed E-state index contributed by atoms with van der Waals surface area (Å²) in [5, 5.41) is 0. The van der Waals surface area contributed by atoms with E-state index in [1.807, 2.05) is 4.42 Å². The highest BCUT2D eigenvalue weighted by atomic mass is 35.5. The molecular formula is C13H18ClN. The Hall–Kier alpha value is -0.690. The van der Waals surface area contributed by atoms with Crippen molar-refractivity contribution in [3.8, 4) is 0 Å². The minimum Gasteiger partial charge on any atom is -0.285 e. The minimum atomic E-state index is 0.929. The molecule has 0 saturated heterocycles. The van der Waals surface area contributed by atoms with Crippen LogP contribution in [0.15, 0.2) is 18.2 Å². The predicted molar refractivity (Wildman–Crippen MR) is 66.6 cm³/mol. The van der Waals surface area contributed by atoms with Gasteiger partial charge >= 0.3 is 0 Å². The SMILES string of the molecule is CCCN(Cl)c1cccc2c1CCCC2. The summed E-state index contributed by atoms with van der Waals surface area (Å²) in [5.41, 5.74) is 4.21. The number of fused-ring (bicyclic) bond motifs is 1. The molecule has 82 valence electrons. The van der Waals surface area contributed by atoms with Crippen molar-refractivity contribution in [1.82, 2.24) is 0 Å². The maximum Gasteiger partial charge on any atom is 0.0557 e. The fourth-order valence-electron chi connectivity index (χ4n) is 2.31. The number of rotatable bonds is 3. The first-order chi connectivity index (χ1) is 7.33. The second-order valence-corrected chi connectivity index (χ2v) is 4.62. The van der Waals surface area contributed by atoms with Crippen LogP contribution in [0.4, 0.5) is 5.69 Å². The Morgan fingerprint density at radius 3 is 2.87 bits per heavy atom. The lowest BCUT2D eigenvalue weighted by Crippen LogP contribution is -2.15. The molecule has 2 heteroatoms. The van der Waals surface area contributed by atoms with E-state index in [0.29, 0.717) is 0 Å². The van der Waals surface area contributed by atoms with Crippen molar-refractivity contribution in [2.75, 3.05) is 11.0 Å². The monoisotopic (exact) mass is 223 g/mol. The molecule has 0 aliphatic heterocycles. The lowest BCUT2D eigenvalue weighted by Gasteiger charge is -2.24. The largest absolute Gasteiger partial charge is 0.285 e. The van der Waals surface area contributed by atoms with Crippen LogP contribution in [0.1, 0.15) is 37.3 Å². The number of halogens is 1. The van der Waals surface area contributed by atoms with Crippen LogP contribution in [-0.2, 0) is 12.8 Å². The van der Waals surface area contributed by atoms with Gasteiger partial charge in [-0.1, -0.05) is 19.1 Å². The van der Waals surface area contributed by atoms with Crippen LogP contribution in [-0.4, -0.2) is 6.54 Å². The number of anilines is 1. The van der Waals surface area contributed by atoms with Gasteiger partial charge < -0.3 is 0 Å². The molecule has 0 radical (unpaired) electrons. The number of nitrogens with zero attached hydrogens (tertiary/aromatic N) is 1. The molecule has 0 amide bonds. The van der Waals surface area contributed by atoms with Gasteiger partial charge in [-0.3, -0.25) is 4.42 Å². The van der Waals surface area contributed by atoms with Crippen molar-refractivity contribution in [2.24, 2.45) is 0 Å². The smallest absolute Gasteiger partial charge is 0.0557 e. The third-order valence-corrected chi connectivity index (χ3v) is 3.40. The van der Waals surface area contributed by atoms with Gasteiger partial charge in [0, 0.05) is 18.3 Å². The summed E-state index contributed by atoms with van der Waals surface area (Å²) in [6.07, 6.45) is 6.14. The Morgan fingerprint density at radius 1 is 1.27 bits per heavy atom. The zero-order valence-corrected chi connectivity index (χ0v) is 10.1. The van der Waals surface area contributed by atoms with Crippen LogP contribution in [0.25, 0.3) is 0 Å². The summed E-state index contributed by atoms with van der Waals surface area (Å²) in [7, 11) is 0. The predicted octanol–water partition coefficient (Wildman–Crippen LogP) is 3.94. The molecule has 15 heavy (non-hydrogen) atoms. The van der Waals surface area contributed by atoms with Crippen molar-refractivity contribution in [3.05, 3.63) is 29.3 Å².